The topological polar surface area (TPSA) is 59.9 Å². The lowest BCUT2D eigenvalue weighted by Crippen LogP contribution is -2.03. The third-order valence-corrected chi connectivity index (χ3v) is 2.38. The third kappa shape index (κ3) is 3.41. The summed E-state index contributed by atoms with van der Waals surface area (Å²) in [4.78, 5) is 12.4. The fraction of sp³-hybridized carbons (Fsp3) is 0.308. The van der Waals surface area contributed by atoms with Crippen LogP contribution in [0.4, 0.5) is 5.82 Å². The number of hydrogen-bond acceptors (Lipinski definition) is 5. The molecule has 0 unspecified atom stereocenters. The molecule has 2 aromatic rings. The van der Waals surface area contributed by atoms with Crippen molar-refractivity contribution < 1.29 is 4.74 Å². The molecule has 0 radical (unpaired) electrons. The van der Waals surface area contributed by atoms with Crippen molar-refractivity contribution in [3.05, 3.63) is 42.0 Å². The van der Waals surface area contributed by atoms with E-state index in [0.717, 1.165) is 17.1 Å². The van der Waals surface area contributed by atoms with E-state index in [-0.39, 0.29) is 0 Å². The second kappa shape index (κ2) is 5.95. The summed E-state index contributed by atoms with van der Waals surface area (Å²) in [7, 11) is 0. The van der Waals surface area contributed by atoms with Gasteiger partial charge in [0.15, 0.2) is 0 Å². The molecule has 5 heteroatoms. The number of aromatic nitrogens is 3. The fourth-order valence-corrected chi connectivity index (χ4v) is 1.46. The van der Waals surface area contributed by atoms with Crippen LogP contribution in [0.3, 0.4) is 0 Å². The number of pyridine rings is 1. The molecule has 1 N–H and O–H groups in total. The van der Waals surface area contributed by atoms with Crippen molar-refractivity contribution in [2.24, 2.45) is 0 Å². The minimum atomic E-state index is 0.581. The quantitative estimate of drug-likeness (QED) is 0.873. The Bertz CT molecular complexity index is 499. The van der Waals surface area contributed by atoms with Gasteiger partial charge in [0.05, 0.1) is 6.61 Å². The molecule has 2 heterocycles. The molecule has 5 nitrogen and oxygen atoms in total. The van der Waals surface area contributed by atoms with E-state index in [0.29, 0.717) is 19.0 Å². The third-order valence-electron chi connectivity index (χ3n) is 2.38. The van der Waals surface area contributed by atoms with Gasteiger partial charge in [-0.15, -0.1) is 0 Å². The van der Waals surface area contributed by atoms with E-state index in [9.17, 15) is 0 Å². The Morgan fingerprint density at radius 1 is 1.22 bits per heavy atom. The average Bonchev–Trinajstić information content (AvgIpc) is 2.39. The highest BCUT2D eigenvalue weighted by molar-refractivity contribution is 5.37. The summed E-state index contributed by atoms with van der Waals surface area (Å²) in [5.41, 5.74) is 2.12. The first-order valence-electron chi connectivity index (χ1n) is 5.88. The number of hydrogen-bond donors (Lipinski definition) is 1. The maximum absolute atomic E-state index is 5.31. The summed E-state index contributed by atoms with van der Waals surface area (Å²) in [6, 6.07) is 5.81. The van der Waals surface area contributed by atoms with Gasteiger partial charge in [0.2, 0.25) is 5.88 Å². The maximum Gasteiger partial charge on any atom is 0.218 e. The summed E-state index contributed by atoms with van der Waals surface area (Å²) in [5.74, 6) is 1.33. The van der Waals surface area contributed by atoms with Crippen molar-refractivity contribution in [2.75, 3.05) is 11.9 Å². The Morgan fingerprint density at radius 2 is 2.11 bits per heavy atom. The Labute approximate surface area is 106 Å². The zero-order valence-electron chi connectivity index (χ0n) is 10.6. The lowest BCUT2D eigenvalue weighted by atomic mass is 10.2. The first-order chi connectivity index (χ1) is 8.78. The molecule has 0 atom stereocenters. The zero-order chi connectivity index (χ0) is 12.8. The Hall–Kier alpha value is -2.17. The minimum absolute atomic E-state index is 0.581. The summed E-state index contributed by atoms with van der Waals surface area (Å²) in [6.45, 7) is 5.16. The van der Waals surface area contributed by atoms with Gasteiger partial charge in [-0.25, -0.2) is 9.97 Å². The summed E-state index contributed by atoms with van der Waals surface area (Å²) in [6.07, 6.45) is 3.34. The van der Waals surface area contributed by atoms with Crippen LogP contribution in [0.5, 0.6) is 5.88 Å². The molecule has 18 heavy (non-hydrogen) atoms. The minimum Gasteiger partial charge on any atom is -0.478 e. The molecule has 0 amide bonds. The fourth-order valence-electron chi connectivity index (χ4n) is 1.46. The Morgan fingerprint density at radius 3 is 2.83 bits per heavy atom. The SMILES string of the molecule is CCOc1cc(NCc2ccc(C)nc2)ncn1. The second-order valence-corrected chi connectivity index (χ2v) is 3.84. The molecule has 0 spiro atoms. The van der Waals surface area contributed by atoms with Gasteiger partial charge in [-0.1, -0.05) is 6.07 Å². The van der Waals surface area contributed by atoms with Gasteiger partial charge in [0, 0.05) is 24.5 Å². The first-order valence-corrected chi connectivity index (χ1v) is 5.88. The highest BCUT2D eigenvalue weighted by atomic mass is 16.5. The molecular formula is C13H16N4O. The molecule has 0 aliphatic heterocycles. The number of nitrogens with one attached hydrogen (secondary N) is 1. The number of rotatable bonds is 5. The molecule has 2 rings (SSSR count). The van der Waals surface area contributed by atoms with Crippen molar-refractivity contribution in [3.8, 4) is 5.88 Å². The molecule has 0 saturated carbocycles. The molecular weight excluding hydrogens is 228 g/mol. The van der Waals surface area contributed by atoms with Crippen LogP contribution >= 0.6 is 0 Å². The predicted molar refractivity (Wildman–Crippen MR) is 69.5 cm³/mol. The Balaban J connectivity index is 1.97. The molecule has 0 aromatic carbocycles. The van der Waals surface area contributed by atoms with Crippen molar-refractivity contribution in [3.63, 3.8) is 0 Å². The largest absolute Gasteiger partial charge is 0.478 e. The predicted octanol–water partition coefficient (Wildman–Crippen LogP) is 2.19. The van der Waals surface area contributed by atoms with Crippen LogP contribution in [0.1, 0.15) is 18.2 Å². The first kappa shape index (κ1) is 12.3. The molecule has 0 bridgehead atoms. The maximum atomic E-state index is 5.31. The normalized spacial score (nSPS) is 10.1. The van der Waals surface area contributed by atoms with Crippen molar-refractivity contribution in [1.29, 1.82) is 0 Å². The van der Waals surface area contributed by atoms with Gasteiger partial charge < -0.3 is 10.1 Å². The molecule has 0 fully saturated rings. The standard InChI is InChI=1S/C13H16N4O/c1-3-18-13-6-12(16-9-17-13)15-8-11-5-4-10(2)14-7-11/h4-7,9H,3,8H2,1-2H3,(H,15,16,17). The van der Waals surface area contributed by atoms with Crippen LogP contribution in [0.15, 0.2) is 30.7 Å². The van der Waals surface area contributed by atoms with Crippen molar-refractivity contribution in [1.82, 2.24) is 15.0 Å². The van der Waals surface area contributed by atoms with Gasteiger partial charge in [-0.05, 0) is 25.5 Å². The van der Waals surface area contributed by atoms with E-state index in [4.69, 9.17) is 4.74 Å². The second-order valence-electron chi connectivity index (χ2n) is 3.84. The molecule has 0 saturated heterocycles. The van der Waals surface area contributed by atoms with E-state index in [1.54, 1.807) is 6.07 Å². The Kier molecular flexibility index (Phi) is 4.06. The van der Waals surface area contributed by atoms with E-state index in [1.807, 2.05) is 32.2 Å². The highest BCUT2D eigenvalue weighted by Crippen LogP contribution is 2.12. The van der Waals surface area contributed by atoms with Gasteiger partial charge in [-0.2, -0.15) is 0 Å². The van der Waals surface area contributed by atoms with E-state index in [2.05, 4.69) is 20.3 Å². The lowest BCUT2D eigenvalue weighted by molar-refractivity contribution is 0.326. The average molecular weight is 244 g/mol. The van der Waals surface area contributed by atoms with Gasteiger partial charge in [-0.3, -0.25) is 4.98 Å². The van der Waals surface area contributed by atoms with Gasteiger partial charge >= 0.3 is 0 Å². The summed E-state index contributed by atoms with van der Waals surface area (Å²) in [5, 5.41) is 3.21. The zero-order valence-corrected chi connectivity index (χ0v) is 10.6. The van der Waals surface area contributed by atoms with Crippen molar-refractivity contribution >= 4 is 5.82 Å². The smallest absolute Gasteiger partial charge is 0.218 e. The van der Waals surface area contributed by atoms with E-state index < -0.39 is 0 Å². The number of nitrogens with zero attached hydrogens (tertiary/aromatic N) is 3. The monoisotopic (exact) mass is 244 g/mol. The molecule has 0 aliphatic rings. The van der Waals surface area contributed by atoms with E-state index >= 15 is 0 Å². The van der Waals surface area contributed by atoms with Crippen LogP contribution in [0, 0.1) is 6.92 Å². The summed E-state index contributed by atoms with van der Waals surface area (Å²) < 4.78 is 5.31. The van der Waals surface area contributed by atoms with Crippen LogP contribution in [-0.2, 0) is 6.54 Å². The van der Waals surface area contributed by atoms with Crippen molar-refractivity contribution in [2.45, 2.75) is 20.4 Å². The van der Waals surface area contributed by atoms with Crippen LogP contribution in [-0.4, -0.2) is 21.6 Å². The van der Waals surface area contributed by atoms with Crippen LogP contribution in [0.2, 0.25) is 0 Å². The number of aryl methyl sites for hydroxylation is 1. The van der Waals surface area contributed by atoms with Crippen LogP contribution < -0.4 is 10.1 Å². The lowest BCUT2D eigenvalue weighted by Gasteiger charge is -2.07. The highest BCUT2D eigenvalue weighted by Gasteiger charge is 1.99. The van der Waals surface area contributed by atoms with Gasteiger partial charge in [0.25, 0.3) is 0 Å². The van der Waals surface area contributed by atoms with E-state index in [1.165, 1.54) is 6.33 Å². The number of anilines is 1. The van der Waals surface area contributed by atoms with Gasteiger partial charge in [0.1, 0.15) is 12.1 Å². The number of ether oxygens (including phenoxy) is 1. The molecule has 2 aromatic heterocycles. The summed E-state index contributed by atoms with van der Waals surface area (Å²) >= 11 is 0. The molecule has 94 valence electrons. The molecule has 0 aliphatic carbocycles. The van der Waals surface area contributed by atoms with Crippen LogP contribution in [0.25, 0.3) is 0 Å².